The lowest BCUT2D eigenvalue weighted by molar-refractivity contribution is -0.136. The second kappa shape index (κ2) is 6.37. The summed E-state index contributed by atoms with van der Waals surface area (Å²) in [5.41, 5.74) is 2.45. The van der Waals surface area contributed by atoms with Crippen LogP contribution in [0.15, 0.2) is 0 Å². The minimum atomic E-state index is -0.545. The molecule has 6 nitrogen and oxygen atoms in total. The molecule has 2 rings (SSSR count). The predicted molar refractivity (Wildman–Crippen MR) is 78.9 cm³/mol. The van der Waals surface area contributed by atoms with Gasteiger partial charge in [0.2, 0.25) is 0 Å². The van der Waals surface area contributed by atoms with Gasteiger partial charge in [-0.3, -0.25) is 0 Å². The van der Waals surface area contributed by atoms with E-state index in [1.54, 1.807) is 0 Å². The summed E-state index contributed by atoms with van der Waals surface area (Å²) in [4.78, 5) is 0. The van der Waals surface area contributed by atoms with Crippen LogP contribution in [0.2, 0.25) is 0 Å². The Morgan fingerprint density at radius 3 is 2.62 bits per heavy atom. The van der Waals surface area contributed by atoms with E-state index in [2.05, 4.69) is 21.6 Å². The highest BCUT2D eigenvalue weighted by Crippen LogP contribution is 2.24. The van der Waals surface area contributed by atoms with E-state index in [1.807, 2.05) is 27.7 Å². The molecule has 0 aromatic carbocycles. The molecule has 21 heavy (non-hydrogen) atoms. The van der Waals surface area contributed by atoms with Crippen LogP contribution in [0.25, 0.3) is 0 Å². The number of aromatic nitrogens is 2. The summed E-state index contributed by atoms with van der Waals surface area (Å²) in [5.74, 6) is -0.0173. The molecule has 1 saturated heterocycles. The summed E-state index contributed by atoms with van der Waals surface area (Å²) >= 11 is 0. The number of rotatable bonds is 5. The van der Waals surface area contributed by atoms with E-state index >= 15 is 0 Å². The van der Waals surface area contributed by atoms with Gasteiger partial charge in [-0.25, -0.2) is 0 Å². The number of aryl methyl sites for hydroxylation is 1. The minimum absolute atomic E-state index is 0.0516. The van der Waals surface area contributed by atoms with Crippen molar-refractivity contribution < 1.29 is 9.47 Å². The van der Waals surface area contributed by atoms with Crippen LogP contribution in [0.5, 0.6) is 0 Å². The molecule has 0 amide bonds. The Morgan fingerprint density at radius 1 is 1.33 bits per heavy atom. The van der Waals surface area contributed by atoms with Crippen molar-refractivity contribution >= 4 is 5.82 Å². The van der Waals surface area contributed by atoms with Gasteiger partial charge in [-0.1, -0.05) is 13.8 Å². The molecular formula is C15H22N4O2. The smallest absolute Gasteiger partial charge is 0.167 e. The molecule has 1 aromatic rings. The Labute approximate surface area is 125 Å². The van der Waals surface area contributed by atoms with Gasteiger partial charge in [0.05, 0.1) is 12.3 Å². The van der Waals surface area contributed by atoms with Crippen LogP contribution >= 0.6 is 0 Å². The van der Waals surface area contributed by atoms with Crippen LogP contribution in [-0.2, 0) is 22.3 Å². The van der Waals surface area contributed by atoms with Crippen molar-refractivity contribution in [3.63, 3.8) is 0 Å². The van der Waals surface area contributed by atoms with Gasteiger partial charge in [0, 0.05) is 6.54 Å². The topological polar surface area (TPSA) is 80.1 Å². The highest BCUT2D eigenvalue weighted by Gasteiger charge is 2.32. The van der Waals surface area contributed by atoms with Crippen LogP contribution in [0, 0.1) is 11.3 Å². The second-order valence-electron chi connectivity index (χ2n) is 5.50. The van der Waals surface area contributed by atoms with Crippen molar-refractivity contribution in [2.24, 2.45) is 0 Å². The summed E-state index contributed by atoms with van der Waals surface area (Å²) < 4.78 is 11.2. The molecule has 6 heteroatoms. The monoisotopic (exact) mass is 290 g/mol. The molecule has 2 heterocycles. The Hall–Kier alpha value is -1.71. The summed E-state index contributed by atoms with van der Waals surface area (Å²) in [6.45, 7) is 8.89. The first-order chi connectivity index (χ1) is 10.0. The van der Waals surface area contributed by atoms with Crippen molar-refractivity contribution in [1.82, 2.24) is 10.2 Å². The van der Waals surface area contributed by atoms with Gasteiger partial charge in [-0.2, -0.15) is 10.4 Å². The maximum Gasteiger partial charge on any atom is 0.167 e. The summed E-state index contributed by atoms with van der Waals surface area (Å²) in [7, 11) is 0. The highest BCUT2D eigenvalue weighted by molar-refractivity contribution is 5.56. The molecule has 1 atom stereocenters. The molecule has 0 bridgehead atoms. The maximum absolute atomic E-state index is 9.41. The summed E-state index contributed by atoms with van der Waals surface area (Å²) in [6.07, 6.45) is 1.50. The zero-order chi connectivity index (χ0) is 15.5. The quantitative estimate of drug-likeness (QED) is 0.894. The van der Waals surface area contributed by atoms with Crippen molar-refractivity contribution in [3.05, 3.63) is 16.8 Å². The maximum atomic E-state index is 9.41. The first kappa shape index (κ1) is 15.7. The Bertz CT molecular complexity index is 551. The van der Waals surface area contributed by atoms with E-state index in [9.17, 15) is 5.26 Å². The van der Waals surface area contributed by atoms with E-state index in [1.165, 1.54) is 0 Å². The lowest BCUT2D eigenvalue weighted by atomic mass is 10.0. The molecule has 1 aliphatic heterocycles. The highest BCUT2D eigenvalue weighted by atomic mass is 16.7. The summed E-state index contributed by atoms with van der Waals surface area (Å²) in [5, 5.41) is 20.9. The molecule has 1 fully saturated rings. The number of nitrogens with zero attached hydrogens (tertiary/aromatic N) is 3. The van der Waals surface area contributed by atoms with Crippen molar-refractivity contribution in [1.29, 1.82) is 5.26 Å². The van der Waals surface area contributed by atoms with Gasteiger partial charge in [-0.15, -0.1) is 5.10 Å². The third kappa shape index (κ3) is 3.49. The molecule has 0 saturated carbocycles. The summed E-state index contributed by atoms with van der Waals surface area (Å²) in [6, 6.07) is 2.24. The Balaban J connectivity index is 2.12. The first-order valence-corrected chi connectivity index (χ1v) is 7.34. The van der Waals surface area contributed by atoms with E-state index in [4.69, 9.17) is 9.47 Å². The molecule has 0 spiro atoms. The van der Waals surface area contributed by atoms with Crippen LogP contribution in [0.4, 0.5) is 5.82 Å². The van der Waals surface area contributed by atoms with Crippen LogP contribution in [0.3, 0.4) is 0 Å². The van der Waals surface area contributed by atoms with Crippen molar-refractivity contribution in [2.75, 3.05) is 18.5 Å². The fourth-order valence-electron chi connectivity index (χ4n) is 2.49. The zero-order valence-corrected chi connectivity index (χ0v) is 13.1. The number of hydrogen-bond donors (Lipinski definition) is 1. The first-order valence-electron chi connectivity index (χ1n) is 7.34. The van der Waals surface area contributed by atoms with Crippen LogP contribution in [-0.4, -0.2) is 35.2 Å². The van der Waals surface area contributed by atoms with E-state index in [0.29, 0.717) is 24.5 Å². The molecule has 0 radical (unpaired) electrons. The molecular weight excluding hydrogens is 268 g/mol. The second-order valence-corrected chi connectivity index (χ2v) is 5.50. The minimum Gasteiger partial charge on any atom is -0.365 e. The number of hydrogen-bond acceptors (Lipinski definition) is 6. The number of nitrogens with one attached hydrogen (secondary N) is 1. The number of ether oxygens (including phenoxy) is 2. The Morgan fingerprint density at radius 2 is 2.10 bits per heavy atom. The fourth-order valence-corrected chi connectivity index (χ4v) is 2.49. The van der Waals surface area contributed by atoms with E-state index < -0.39 is 5.79 Å². The largest absolute Gasteiger partial charge is 0.365 e. The average Bonchev–Trinajstić information content (AvgIpc) is 2.83. The third-order valence-corrected chi connectivity index (χ3v) is 3.52. The molecule has 1 unspecified atom stereocenters. The normalized spacial score (nSPS) is 20.2. The SMILES string of the molecule is CCc1nnc(NCC2COC(C)(C)O2)c(C#N)c1CC. The molecule has 114 valence electrons. The standard InChI is InChI=1S/C15H22N4O2/c1-5-11-12(7-16)14(19-18-13(11)6-2)17-8-10-9-20-15(3,4)21-10/h10H,5-6,8-9H2,1-4H3,(H,17,19). The average molecular weight is 290 g/mol. The lowest BCUT2D eigenvalue weighted by Crippen LogP contribution is -2.26. The zero-order valence-electron chi connectivity index (χ0n) is 13.1. The van der Waals surface area contributed by atoms with Gasteiger partial charge < -0.3 is 14.8 Å². The predicted octanol–water partition coefficient (Wildman–Crippen LogP) is 2.04. The van der Waals surface area contributed by atoms with Gasteiger partial charge in [0.25, 0.3) is 0 Å². The lowest BCUT2D eigenvalue weighted by Gasteiger charge is -2.18. The van der Waals surface area contributed by atoms with Gasteiger partial charge in [-0.05, 0) is 32.3 Å². The van der Waals surface area contributed by atoms with Gasteiger partial charge in [0.15, 0.2) is 11.6 Å². The van der Waals surface area contributed by atoms with Crippen molar-refractivity contribution in [3.8, 4) is 6.07 Å². The Kier molecular flexibility index (Phi) is 4.76. The van der Waals surface area contributed by atoms with Crippen LogP contribution < -0.4 is 5.32 Å². The van der Waals surface area contributed by atoms with E-state index in [0.717, 1.165) is 24.1 Å². The van der Waals surface area contributed by atoms with Gasteiger partial charge >= 0.3 is 0 Å². The van der Waals surface area contributed by atoms with E-state index in [-0.39, 0.29) is 6.10 Å². The molecule has 1 N–H and O–H groups in total. The third-order valence-electron chi connectivity index (χ3n) is 3.52. The fraction of sp³-hybridized carbons (Fsp3) is 0.667. The molecule has 1 aromatic heterocycles. The van der Waals surface area contributed by atoms with Crippen LogP contribution in [0.1, 0.15) is 44.5 Å². The molecule has 1 aliphatic rings. The number of nitriles is 1. The van der Waals surface area contributed by atoms with Gasteiger partial charge in [0.1, 0.15) is 17.7 Å². The van der Waals surface area contributed by atoms with Crippen molar-refractivity contribution in [2.45, 2.75) is 52.4 Å². The molecule has 0 aliphatic carbocycles. The number of anilines is 1.